The van der Waals surface area contributed by atoms with Crippen LogP contribution in [0.1, 0.15) is 30.0 Å². The van der Waals surface area contributed by atoms with Crippen LogP contribution in [0.2, 0.25) is 0 Å². The van der Waals surface area contributed by atoms with E-state index in [1.165, 1.54) is 24.0 Å². The summed E-state index contributed by atoms with van der Waals surface area (Å²) in [6.07, 6.45) is 5.49. The first-order valence-electron chi connectivity index (χ1n) is 5.34. The molecule has 1 aliphatic carbocycles. The van der Waals surface area contributed by atoms with Crippen LogP contribution in [0.25, 0.3) is 0 Å². The van der Waals surface area contributed by atoms with E-state index < -0.39 is 0 Å². The summed E-state index contributed by atoms with van der Waals surface area (Å²) in [5, 5.41) is 3.57. The molecule has 0 heterocycles. The van der Waals surface area contributed by atoms with Crippen molar-refractivity contribution < 1.29 is 0 Å². The minimum Gasteiger partial charge on any atom is -0.310 e. The van der Waals surface area contributed by atoms with Gasteiger partial charge in [-0.1, -0.05) is 30.3 Å². The van der Waals surface area contributed by atoms with Crippen molar-refractivity contribution in [2.24, 2.45) is 0 Å². The summed E-state index contributed by atoms with van der Waals surface area (Å²) in [6, 6.07) is 9.32. The highest BCUT2D eigenvalue weighted by molar-refractivity contribution is 5.34. The molecule has 0 spiro atoms. The topological polar surface area (TPSA) is 12.0 Å². The van der Waals surface area contributed by atoms with Gasteiger partial charge in [0, 0.05) is 6.04 Å². The van der Waals surface area contributed by atoms with Gasteiger partial charge >= 0.3 is 0 Å². The molecule has 0 bridgehead atoms. The second kappa shape index (κ2) is 4.43. The van der Waals surface area contributed by atoms with E-state index in [0.29, 0.717) is 6.04 Å². The Morgan fingerprint density at radius 1 is 1.43 bits per heavy atom. The normalized spacial score (nSPS) is 19.3. The van der Waals surface area contributed by atoms with Crippen molar-refractivity contribution in [1.29, 1.82) is 0 Å². The van der Waals surface area contributed by atoms with Crippen molar-refractivity contribution in [3.63, 3.8) is 0 Å². The lowest BCUT2D eigenvalue weighted by molar-refractivity contribution is 0.537. The van der Waals surface area contributed by atoms with Crippen molar-refractivity contribution >= 4 is 0 Å². The maximum Gasteiger partial charge on any atom is 0.0326 e. The van der Waals surface area contributed by atoms with Crippen LogP contribution in [0.3, 0.4) is 0 Å². The quantitative estimate of drug-likeness (QED) is 0.564. The molecule has 1 aromatic rings. The van der Waals surface area contributed by atoms with E-state index >= 15 is 0 Å². The van der Waals surface area contributed by atoms with Crippen LogP contribution in [0.5, 0.6) is 0 Å². The summed E-state index contributed by atoms with van der Waals surface area (Å²) >= 11 is 0. The number of nitrogens with one attached hydrogen (secondary N) is 1. The first kappa shape index (κ1) is 9.47. The molecule has 0 amide bonds. The van der Waals surface area contributed by atoms with E-state index in [1.54, 1.807) is 0 Å². The molecule has 1 N–H and O–H groups in total. The molecule has 14 heavy (non-hydrogen) atoms. The summed E-state index contributed by atoms with van der Waals surface area (Å²) in [7, 11) is 0. The summed E-state index contributed by atoms with van der Waals surface area (Å²) < 4.78 is 0. The van der Waals surface area contributed by atoms with Gasteiger partial charge in [0.15, 0.2) is 0 Å². The zero-order valence-electron chi connectivity index (χ0n) is 8.50. The van der Waals surface area contributed by atoms with Crippen molar-refractivity contribution in [2.75, 3.05) is 6.54 Å². The van der Waals surface area contributed by atoms with Gasteiger partial charge in [0.1, 0.15) is 0 Å². The maximum absolute atomic E-state index is 3.73. The summed E-state index contributed by atoms with van der Waals surface area (Å²) in [6.45, 7) is 4.77. The third-order valence-corrected chi connectivity index (χ3v) is 2.87. The Hall–Kier alpha value is -1.08. The first-order valence-corrected chi connectivity index (χ1v) is 5.34. The zero-order chi connectivity index (χ0) is 9.80. The largest absolute Gasteiger partial charge is 0.310 e. The lowest BCUT2D eigenvalue weighted by Gasteiger charge is -2.12. The molecular formula is C13H17N. The van der Waals surface area contributed by atoms with Crippen LogP contribution >= 0.6 is 0 Å². The van der Waals surface area contributed by atoms with Crippen LogP contribution in [0.4, 0.5) is 0 Å². The Balaban J connectivity index is 1.99. The average molecular weight is 187 g/mol. The van der Waals surface area contributed by atoms with E-state index in [-0.39, 0.29) is 0 Å². The lowest BCUT2D eigenvalue weighted by atomic mass is 10.1. The Kier molecular flexibility index (Phi) is 3.00. The van der Waals surface area contributed by atoms with E-state index in [4.69, 9.17) is 0 Å². The smallest absolute Gasteiger partial charge is 0.0326 e. The van der Waals surface area contributed by atoms with Crippen LogP contribution in [-0.4, -0.2) is 6.54 Å². The third kappa shape index (κ3) is 1.88. The van der Waals surface area contributed by atoms with Gasteiger partial charge in [-0.15, -0.1) is 6.58 Å². The van der Waals surface area contributed by atoms with Crippen LogP contribution in [0.15, 0.2) is 36.9 Å². The van der Waals surface area contributed by atoms with Gasteiger partial charge in [0.05, 0.1) is 0 Å². The molecule has 1 aromatic carbocycles. The van der Waals surface area contributed by atoms with Gasteiger partial charge < -0.3 is 5.32 Å². The number of aryl methyl sites for hydroxylation is 1. The Morgan fingerprint density at radius 3 is 3.14 bits per heavy atom. The van der Waals surface area contributed by atoms with E-state index in [0.717, 1.165) is 13.0 Å². The maximum atomic E-state index is 3.73. The Bertz CT molecular complexity index is 317. The van der Waals surface area contributed by atoms with Crippen LogP contribution in [0, 0.1) is 0 Å². The van der Waals surface area contributed by atoms with Crippen LogP contribution < -0.4 is 5.32 Å². The van der Waals surface area contributed by atoms with Crippen LogP contribution in [-0.2, 0) is 6.42 Å². The molecule has 1 unspecified atom stereocenters. The van der Waals surface area contributed by atoms with Crippen molar-refractivity contribution in [3.8, 4) is 0 Å². The standard InChI is InChI=1S/C13H17N/c1-2-3-10-14-13-9-8-11-6-4-5-7-12(11)13/h2,4-7,13-14H,1,3,8-10H2. The van der Waals surface area contributed by atoms with E-state index in [1.807, 2.05) is 6.08 Å². The van der Waals surface area contributed by atoms with Crippen molar-refractivity contribution in [3.05, 3.63) is 48.0 Å². The average Bonchev–Trinajstić information content (AvgIpc) is 2.63. The number of rotatable bonds is 4. The van der Waals surface area contributed by atoms with E-state index in [2.05, 4.69) is 36.2 Å². The second-order valence-corrected chi connectivity index (χ2v) is 3.82. The molecule has 0 fully saturated rings. The molecule has 0 aliphatic heterocycles. The minimum atomic E-state index is 0.575. The van der Waals surface area contributed by atoms with Gasteiger partial charge in [-0.25, -0.2) is 0 Å². The molecule has 0 saturated heterocycles. The van der Waals surface area contributed by atoms with Gasteiger partial charge in [0.2, 0.25) is 0 Å². The third-order valence-electron chi connectivity index (χ3n) is 2.87. The van der Waals surface area contributed by atoms with Gasteiger partial charge in [0.25, 0.3) is 0 Å². The zero-order valence-corrected chi connectivity index (χ0v) is 8.50. The van der Waals surface area contributed by atoms with Gasteiger partial charge in [-0.05, 0) is 36.9 Å². The summed E-state index contributed by atoms with van der Waals surface area (Å²) in [5.74, 6) is 0. The monoisotopic (exact) mass is 187 g/mol. The molecule has 0 radical (unpaired) electrons. The molecule has 1 atom stereocenters. The van der Waals surface area contributed by atoms with Gasteiger partial charge in [-0.3, -0.25) is 0 Å². The summed E-state index contributed by atoms with van der Waals surface area (Å²) in [4.78, 5) is 0. The number of hydrogen-bond acceptors (Lipinski definition) is 1. The van der Waals surface area contributed by atoms with E-state index in [9.17, 15) is 0 Å². The SMILES string of the molecule is C=CCCNC1CCc2ccccc21. The highest BCUT2D eigenvalue weighted by Crippen LogP contribution is 2.30. The highest BCUT2D eigenvalue weighted by atomic mass is 14.9. The predicted octanol–water partition coefficient (Wildman–Crippen LogP) is 2.84. The molecule has 2 rings (SSSR count). The molecule has 0 saturated carbocycles. The number of benzene rings is 1. The molecular weight excluding hydrogens is 170 g/mol. The number of fused-ring (bicyclic) bond motifs is 1. The fourth-order valence-electron chi connectivity index (χ4n) is 2.13. The fraction of sp³-hybridized carbons (Fsp3) is 0.385. The first-order chi connectivity index (χ1) is 6.92. The van der Waals surface area contributed by atoms with Gasteiger partial charge in [-0.2, -0.15) is 0 Å². The van der Waals surface area contributed by atoms with Crippen molar-refractivity contribution in [1.82, 2.24) is 5.32 Å². The Morgan fingerprint density at radius 2 is 2.29 bits per heavy atom. The highest BCUT2D eigenvalue weighted by Gasteiger charge is 2.20. The van der Waals surface area contributed by atoms with Crippen molar-refractivity contribution in [2.45, 2.75) is 25.3 Å². The fourth-order valence-corrected chi connectivity index (χ4v) is 2.13. The molecule has 1 aliphatic rings. The lowest BCUT2D eigenvalue weighted by Crippen LogP contribution is -2.19. The minimum absolute atomic E-state index is 0.575. The molecule has 74 valence electrons. The molecule has 0 aromatic heterocycles. The predicted molar refractivity (Wildman–Crippen MR) is 60.3 cm³/mol. The summed E-state index contributed by atoms with van der Waals surface area (Å²) in [5.41, 5.74) is 3.01. The molecule has 1 heteroatoms. The number of hydrogen-bond donors (Lipinski definition) is 1. The molecule has 1 nitrogen and oxygen atoms in total. The second-order valence-electron chi connectivity index (χ2n) is 3.82. The Labute approximate surface area is 85.8 Å².